The summed E-state index contributed by atoms with van der Waals surface area (Å²) in [6, 6.07) is 9.93. The third-order valence-electron chi connectivity index (χ3n) is 4.32. The number of H-pyrrole nitrogens is 1. The van der Waals surface area contributed by atoms with E-state index >= 15 is 0 Å². The zero-order valence-electron chi connectivity index (χ0n) is 14.0. The molecule has 1 aliphatic rings. The van der Waals surface area contributed by atoms with Crippen molar-refractivity contribution in [3.8, 4) is 0 Å². The second-order valence-electron chi connectivity index (χ2n) is 6.19. The van der Waals surface area contributed by atoms with Crippen LogP contribution in [-0.2, 0) is 16.0 Å². The van der Waals surface area contributed by atoms with Gasteiger partial charge in [0.15, 0.2) is 0 Å². The van der Waals surface area contributed by atoms with E-state index in [1.54, 1.807) is 12.1 Å². The molecule has 0 bridgehead atoms. The first-order valence-corrected chi connectivity index (χ1v) is 9.11. The van der Waals surface area contributed by atoms with Crippen LogP contribution in [0.25, 0.3) is 10.9 Å². The minimum Gasteiger partial charge on any atom is -0.358 e. The van der Waals surface area contributed by atoms with Crippen molar-refractivity contribution in [3.05, 3.63) is 53.5 Å². The number of thioether (sulfide) groups is 1. The molecule has 1 aliphatic heterocycles. The Kier molecular flexibility index (Phi) is 4.16. The van der Waals surface area contributed by atoms with Crippen molar-refractivity contribution >= 4 is 45.9 Å². The summed E-state index contributed by atoms with van der Waals surface area (Å²) in [4.78, 5) is 28.1. The van der Waals surface area contributed by atoms with E-state index in [1.807, 2.05) is 19.1 Å². The van der Waals surface area contributed by atoms with E-state index in [4.69, 9.17) is 0 Å². The summed E-state index contributed by atoms with van der Waals surface area (Å²) in [7, 11) is 0. The van der Waals surface area contributed by atoms with Crippen LogP contribution in [0.1, 0.15) is 11.3 Å². The average molecular weight is 369 g/mol. The lowest BCUT2D eigenvalue weighted by Crippen LogP contribution is -2.19. The topological polar surface area (TPSA) is 74.0 Å². The largest absolute Gasteiger partial charge is 0.358 e. The summed E-state index contributed by atoms with van der Waals surface area (Å²) in [6.45, 7) is 1.87. The van der Waals surface area contributed by atoms with Gasteiger partial charge in [-0.1, -0.05) is 0 Å². The lowest BCUT2D eigenvalue weighted by atomic mass is 10.1. The Bertz CT molecular complexity index is 1040. The van der Waals surface area contributed by atoms with Crippen LogP contribution in [0.15, 0.2) is 41.3 Å². The van der Waals surface area contributed by atoms with E-state index in [-0.39, 0.29) is 24.1 Å². The fraction of sp³-hybridized carbons (Fsp3) is 0.158. The van der Waals surface area contributed by atoms with Gasteiger partial charge in [0.1, 0.15) is 5.82 Å². The molecule has 26 heavy (non-hydrogen) atoms. The van der Waals surface area contributed by atoms with Crippen LogP contribution in [0, 0.1) is 12.7 Å². The SMILES string of the molecule is Cc1[nH]c2ccc(F)cc2c1CC(=O)Nc1ccc2c(c1)NC(=O)CS2. The third-order valence-corrected chi connectivity index (χ3v) is 5.39. The van der Waals surface area contributed by atoms with Crippen molar-refractivity contribution in [1.29, 1.82) is 0 Å². The maximum Gasteiger partial charge on any atom is 0.234 e. The summed E-state index contributed by atoms with van der Waals surface area (Å²) in [5.41, 5.74) is 3.74. The van der Waals surface area contributed by atoms with Gasteiger partial charge < -0.3 is 15.6 Å². The van der Waals surface area contributed by atoms with Crippen LogP contribution in [-0.4, -0.2) is 22.6 Å². The molecule has 1 aromatic heterocycles. The van der Waals surface area contributed by atoms with Gasteiger partial charge in [-0.15, -0.1) is 11.8 Å². The molecule has 5 nitrogen and oxygen atoms in total. The van der Waals surface area contributed by atoms with Gasteiger partial charge in [-0.2, -0.15) is 0 Å². The molecule has 132 valence electrons. The monoisotopic (exact) mass is 369 g/mol. The maximum atomic E-state index is 13.6. The van der Waals surface area contributed by atoms with E-state index < -0.39 is 0 Å². The van der Waals surface area contributed by atoms with E-state index in [9.17, 15) is 14.0 Å². The zero-order chi connectivity index (χ0) is 18.3. The van der Waals surface area contributed by atoms with Crippen LogP contribution in [0.4, 0.5) is 15.8 Å². The summed E-state index contributed by atoms with van der Waals surface area (Å²) in [6.07, 6.45) is 0.132. The predicted molar refractivity (Wildman–Crippen MR) is 101 cm³/mol. The Morgan fingerprint density at radius 2 is 2.12 bits per heavy atom. The van der Waals surface area contributed by atoms with Crippen LogP contribution in [0.3, 0.4) is 0 Å². The normalized spacial score (nSPS) is 13.4. The Labute approximate surface area is 153 Å². The van der Waals surface area contributed by atoms with E-state index in [0.717, 1.165) is 21.7 Å². The molecule has 4 rings (SSSR count). The van der Waals surface area contributed by atoms with Crippen molar-refractivity contribution in [2.75, 3.05) is 16.4 Å². The quantitative estimate of drug-likeness (QED) is 0.657. The lowest BCUT2D eigenvalue weighted by Gasteiger charge is -2.17. The van der Waals surface area contributed by atoms with Gasteiger partial charge >= 0.3 is 0 Å². The number of nitrogens with one attached hydrogen (secondary N) is 3. The molecule has 2 heterocycles. The standard InChI is InChI=1S/C19H16FN3O2S/c1-10-13(14-6-11(20)2-4-15(14)21-10)8-18(24)22-12-3-5-17-16(7-12)23-19(25)9-26-17/h2-7,21H,8-9H2,1H3,(H,22,24)(H,23,25). The highest BCUT2D eigenvalue weighted by molar-refractivity contribution is 8.00. The van der Waals surface area contributed by atoms with Gasteiger partial charge in [-0.25, -0.2) is 4.39 Å². The number of hydrogen-bond acceptors (Lipinski definition) is 3. The molecule has 2 aromatic carbocycles. The Hall–Kier alpha value is -2.80. The number of rotatable bonds is 3. The lowest BCUT2D eigenvalue weighted by molar-refractivity contribution is -0.115. The number of halogens is 1. The summed E-state index contributed by atoms with van der Waals surface area (Å²) < 4.78 is 13.6. The first-order chi connectivity index (χ1) is 12.5. The van der Waals surface area contributed by atoms with Crippen LogP contribution in [0.2, 0.25) is 0 Å². The highest BCUT2D eigenvalue weighted by Gasteiger charge is 2.17. The summed E-state index contributed by atoms with van der Waals surface area (Å²) in [5, 5.41) is 6.36. The number of aryl methyl sites for hydroxylation is 1. The molecule has 0 unspecified atom stereocenters. The molecular weight excluding hydrogens is 353 g/mol. The van der Waals surface area contributed by atoms with Crippen LogP contribution < -0.4 is 10.6 Å². The molecule has 2 amide bonds. The maximum absolute atomic E-state index is 13.6. The third kappa shape index (κ3) is 3.17. The van der Waals surface area contributed by atoms with Crippen LogP contribution >= 0.6 is 11.8 Å². The minimum atomic E-state index is -0.332. The number of benzene rings is 2. The number of carbonyl (C=O) groups excluding carboxylic acids is 2. The Morgan fingerprint density at radius 1 is 1.27 bits per heavy atom. The van der Waals surface area contributed by atoms with Gasteiger partial charge in [0, 0.05) is 27.2 Å². The number of anilines is 2. The van der Waals surface area contributed by atoms with Gasteiger partial charge in [0.05, 0.1) is 17.9 Å². The fourth-order valence-corrected chi connectivity index (χ4v) is 3.90. The van der Waals surface area contributed by atoms with Crippen molar-refractivity contribution in [2.45, 2.75) is 18.2 Å². The van der Waals surface area contributed by atoms with Crippen molar-refractivity contribution in [2.24, 2.45) is 0 Å². The molecule has 0 atom stereocenters. The van der Waals surface area contributed by atoms with Gasteiger partial charge in [0.25, 0.3) is 0 Å². The minimum absolute atomic E-state index is 0.0533. The molecule has 0 aliphatic carbocycles. The highest BCUT2D eigenvalue weighted by Crippen LogP contribution is 2.33. The van der Waals surface area contributed by atoms with Crippen molar-refractivity contribution in [3.63, 3.8) is 0 Å². The number of aromatic amines is 1. The summed E-state index contributed by atoms with van der Waals surface area (Å²) >= 11 is 1.47. The second kappa shape index (κ2) is 6.49. The smallest absolute Gasteiger partial charge is 0.234 e. The first kappa shape index (κ1) is 16.7. The summed E-state index contributed by atoms with van der Waals surface area (Å²) in [5.74, 6) is -0.189. The van der Waals surface area contributed by atoms with E-state index in [2.05, 4.69) is 15.6 Å². The Morgan fingerprint density at radius 3 is 2.96 bits per heavy atom. The molecular formula is C19H16FN3O2S. The number of amides is 2. The van der Waals surface area contributed by atoms with Crippen LogP contribution in [0.5, 0.6) is 0 Å². The number of fused-ring (bicyclic) bond motifs is 2. The fourth-order valence-electron chi connectivity index (χ4n) is 3.11. The van der Waals surface area contributed by atoms with Gasteiger partial charge in [-0.05, 0) is 48.9 Å². The highest BCUT2D eigenvalue weighted by atomic mass is 32.2. The molecule has 0 radical (unpaired) electrons. The molecule has 7 heteroatoms. The van der Waals surface area contributed by atoms with Gasteiger partial charge in [-0.3, -0.25) is 9.59 Å². The number of carbonyl (C=O) groups is 2. The molecule has 0 fully saturated rings. The first-order valence-electron chi connectivity index (χ1n) is 8.13. The van der Waals surface area contributed by atoms with Crippen molar-refractivity contribution in [1.82, 2.24) is 4.98 Å². The number of hydrogen-bond donors (Lipinski definition) is 3. The second-order valence-corrected chi connectivity index (χ2v) is 7.21. The molecule has 3 aromatic rings. The Balaban J connectivity index is 1.55. The predicted octanol–water partition coefficient (Wildman–Crippen LogP) is 3.84. The molecule has 0 spiro atoms. The van der Waals surface area contributed by atoms with Crippen molar-refractivity contribution < 1.29 is 14.0 Å². The average Bonchev–Trinajstić information content (AvgIpc) is 2.90. The molecule has 0 saturated carbocycles. The molecule has 3 N–H and O–H groups in total. The van der Waals surface area contributed by atoms with E-state index in [1.165, 1.54) is 23.9 Å². The number of aromatic nitrogens is 1. The van der Waals surface area contributed by atoms with Gasteiger partial charge in [0.2, 0.25) is 11.8 Å². The van der Waals surface area contributed by atoms with E-state index in [0.29, 0.717) is 22.5 Å². The zero-order valence-corrected chi connectivity index (χ0v) is 14.8. The molecule has 0 saturated heterocycles.